The molecule has 1 heterocycles. The summed E-state index contributed by atoms with van der Waals surface area (Å²) in [6, 6.07) is 9.01. The molecule has 3 atom stereocenters. The lowest BCUT2D eigenvalue weighted by atomic mass is 9.89. The lowest BCUT2D eigenvalue weighted by molar-refractivity contribution is 0.299. The second-order valence-electron chi connectivity index (χ2n) is 7.04. The van der Waals surface area contributed by atoms with Crippen molar-refractivity contribution in [1.29, 1.82) is 0 Å². The Labute approximate surface area is 127 Å². The molecule has 112 valence electrons. The maximum atomic E-state index is 3.48. The molecule has 0 spiro atoms. The second-order valence-corrected chi connectivity index (χ2v) is 7.04. The quantitative estimate of drug-likeness (QED) is 0.870. The van der Waals surface area contributed by atoms with Crippen LogP contribution in [0.25, 0.3) is 10.9 Å². The van der Waals surface area contributed by atoms with Crippen LogP contribution in [0.5, 0.6) is 0 Å². The van der Waals surface area contributed by atoms with Crippen molar-refractivity contribution in [1.82, 2.24) is 9.88 Å². The van der Waals surface area contributed by atoms with Crippen LogP contribution in [0.15, 0.2) is 30.5 Å². The van der Waals surface area contributed by atoms with E-state index < -0.39 is 0 Å². The van der Waals surface area contributed by atoms with Crippen LogP contribution in [-0.2, 0) is 13.1 Å². The van der Waals surface area contributed by atoms with Crippen molar-refractivity contribution in [3.8, 4) is 0 Å². The largest absolute Gasteiger partial charge is 0.347 e. The summed E-state index contributed by atoms with van der Waals surface area (Å²) in [7, 11) is 0. The summed E-state index contributed by atoms with van der Waals surface area (Å²) in [5.74, 6) is 2.97. The van der Waals surface area contributed by atoms with E-state index in [9.17, 15) is 0 Å². The molecule has 2 aliphatic rings. The summed E-state index contributed by atoms with van der Waals surface area (Å²) in [6.07, 6.45) is 8.28. The van der Waals surface area contributed by atoms with Crippen molar-refractivity contribution < 1.29 is 0 Å². The van der Waals surface area contributed by atoms with Gasteiger partial charge in [-0.25, -0.2) is 0 Å². The molecule has 2 bridgehead atoms. The average molecular weight is 282 g/mol. The van der Waals surface area contributed by atoms with E-state index in [4.69, 9.17) is 0 Å². The Morgan fingerprint density at radius 2 is 2.14 bits per heavy atom. The molecule has 3 unspecified atom stereocenters. The van der Waals surface area contributed by atoms with Gasteiger partial charge in [0.05, 0.1) is 5.52 Å². The van der Waals surface area contributed by atoms with Crippen molar-refractivity contribution in [2.45, 2.75) is 45.7 Å². The normalized spacial score (nSPS) is 27.8. The Morgan fingerprint density at radius 3 is 2.90 bits per heavy atom. The number of hydrogen-bond acceptors (Lipinski definition) is 1. The van der Waals surface area contributed by atoms with Gasteiger partial charge in [-0.3, -0.25) is 0 Å². The number of rotatable bonds is 5. The van der Waals surface area contributed by atoms with Gasteiger partial charge in [-0.15, -0.1) is 0 Å². The third-order valence-electron chi connectivity index (χ3n) is 5.75. The SMILES string of the molecule is CCNCc1cccc2ccn(CC3CC4CCC3C4)c12. The van der Waals surface area contributed by atoms with Gasteiger partial charge in [0.25, 0.3) is 0 Å². The Balaban J connectivity index is 1.62. The van der Waals surface area contributed by atoms with E-state index in [0.717, 1.165) is 30.8 Å². The van der Waals surface area contributed by atoms with Gasteiger partial charge >= 0.3 is 0 Å². The summed E-state index contributed by atoms with van der Waals surface area (Å²) < 4.78 is 2.54. The number of para-hydroxylation sites is 1. The smallest absolute Gasteiger partial charge is 0.0525 e. The summed E-state index contributed by atoms with van der Waals surface area (Å²) in [5, 5.41) is 4.88. The van der Waals surface area contributed by atoms with E-state index in [0.29, 0.717) is 0 Å². The molecule has 2 nitrogen and oxygen atoms in total. The fourth-order valence-electron chi connectivity index (χ4n) is 4.75. The highest BCUT2D eigenvalue weighted by Crippen LogP contribution is 2.49. The van der Waals surface area contributed by atoms with Gasteiger partial charge in [0.1, 0.15) is 0 Å². The minimum absolute atomic E-state index is 0.923. The first-order valence-corrected chi connectivity index (χ1v) is 8.62. The number of hydrogen-bond donors (Lipinski definition) is 1. The van der Waals surface area contributed by atoms with Gasteiger partial charge in [0, 0.05) is 19.3 Å². The van der Waals surface area contributed by atoms with Crippen molar-refractivity contribution >= 4 is 10.9 Å². The summed E-state index contributed by atoms with van der Waals surface area (Å²) in [6.45, 7) is 5.42. The maximum absolute atomic E-state index is 3.48. The van der Waals surface area contributed by atoms with Crippen LogP contribution in [0.2, 0.25) is 0 Å². The van der Waals surface area contributed by atoms with Crippen molar-refractivity contribution in [3.63, 3.8) is 0 Å². The van der Waals surface area contributed by atoms with Gasteiger partial charge in [-0.05, 0) is 60.6 Å². The van der Waals surface area contributed by atoms with Gasteiger partial charge in [0.15, 0.2) is 0 Å². The first-order valence-electron chi connectivity index (χ1n) is 8.62. The van der Waals surface area contributed by atoms with Gasteiger partial charge in [-0.1, -0.05) is 31.5 Å². The summed E-state index contributed by atoms with van der Waals surface area (Å²) in [5.41, 5.74) is 2.91. The Morgan fingerprint density at radius 1 is 1.19 bits per heavy atom. The average Bonchev–Trinajstić information content (AvgIpc) is 3.21. The van der Waals surface area contributed by atoms with E-state index in [1.165, 1.54) is 48.7 Å². The highest BCUT2D eigenvalue weighted by Gasteiger charge is 2.39. The minimum Gasteiger partial charge on any atom is -0.347 e. The van der Waals surface area contributed by atoms with E-state index in [2.05, 4.69) is 47.3 Å². The fraction of sp³-hybridized carbons (Fsp3) is 0.579. The number of benzene rings is 1. The second kappa shape index (κ2) is 5.49. The van der Waals surface area contributed by atoms with Crippen LogP contribution >= 0.6 is 0 Å². The van der Waals surface area contributed by atoms with Crippen LogP contribution in [0.4, 0.5) is 0 Å². The third-order valence-corrected chi connectivity index (χ3v) is 5.75. The Bertz CT molecular complexity index is 628. The van der Waals surface area contributed by atoms with E-state index in [1.54, 1.807) is 0 Å². The Hall–Kier alpha value is -1.28. The van der Waals surface area contributed by atoms with Crippen molar-refractivity contribution in [2.24, 2.45) is 17.8 Å². The summed E-state index contributed by atoms with van der Waals surface area (Å²) >= 11 is 0. The Kier molecular flexibility index (Phi) is 3.50. The van der Waals surface area contributed by atoms with Crippen LogP contribution in [0, 0.1) is 17.8 Å². The molecule has 2 heteroatoms. The zero-order valence-corrected chi connectivity index (χ0v) is 13.0. The van der Waals surface area contributed by atoms with Gasteiger partial charge in [0.2, 0.25) is 0 Å². The molecule has 0 aliphatic heterocycles. The predicted molar refractivity (Wildman–Crippen MR) is 88.3 cm³/mol. The van der Waals surface area contributed by atoms with Crippen LogP contribution in [0.1, 0.15) is 38.2 Å². The van der Waals surface area contributed by atoms with Crippen LogP contribution in [-0.4, -0.2) is 11.1 Å². The molecule has 2 aliphatic carbocycles. The molecule has 4 rings (SSSR count). The molecule has 0 radical (unpaired) electrons. The predicted octanol–water partition coefficient (Wildman–Crippen LogP) is 4.19. The lowest BCUT2D eigenvalue weighted by Gasteiger charge is -2.23. The molecule has 0 amide bonds. The molecule has 0 saturated heterocycles. The van der Waals surface area contributed by atoms with Crippen LogP contribution in [0.3, 0.4) is 0 Å². The van der Waals surface area contributed by atoms with Crippen LogP contribution < -0.4 is 5.32 Å². The molecule has 2 saturated carbocycles. The van der Waals surface area contributed by atoms with Gasteiger partial charge in [-0.2, -0.15) is 0 Å². The molecule has 1 aromatic heterocycles. The van der Waals surface area contributed by atoms with Gasteiger partial charge < -0.3 is 9.88 Å². The minimum atomic E-state index is 0.923. The highest BCUT2D eigenvalue weighted by molar-refractivity contribution is 5.83. The number of nitrogens with one attached hydrogen (secondary N) is 1. The standard InChI is InChI=1S/C19H26N2/c1-2-20-12-17-5-3-4-15-8-9-21(19(15)17)13-18-11-14-6-7-16(18)10-14/h3-5,8-9,14,16,18,20H,2,6-7,10-13H2,1H3. The molecule has 2 aromatic rings. The van der Waals surface area contributed by atoms with E-state index >= 15 is 0 Å². The zero-order valence-electron chi connectivity index (χ0n) is 13.0. The maximum Gasteiger partial charge on any atom is 0.0525 e. The molecular formula is C19H26N2. The number of fused-ring (bicyclic) bond motifs is 3. The summed E-state index contributed by atoms with van der Waals surface area (Å²) in [4.78, 5) is 0. The lowest BCUT2D eigenvalue weighted by Crippen LogP contribution is -2.18. The number of aromatic nitrogens is 1. The third kappa shape index (κ3) is 2.40. The molecular weight excluding hydrogens is 256 g/mol. The topological polar surface area (TPSA) is 17.0 Å². The molecule has 2 fully saturated rings. The molecule has 1 aromatic carbocycles. The zero-order chi connectivity index (χ0) is 14.2. The van der Waals surface area contributed by atoms with E-state index in [1.807, 2.05) is 0 Å². The highest BCUT2D eigenvalue weighted by atomic mass is 15.0. The number of nitrogens with zero attached hydrogens (tertiary/aromatic N) is 1. The molecule has 21 heavy (non-hydrogen) atoms. The van der Waals surface area contributed by atoms with E-state index in [-0.39, 0.29) is 0 Å². The molecule has 1 N–H and O–H groups in total. The van der Waals surface area contributed by atoms with Crippen molar-refractivity contribution in [3.05, 3.63) is 36.0 Å². The van der Waals surface area contributed by atoms with Crippen molar-refractivity contribution in [2.75, 3.05) is 6.54 Å². The first-order chi connectivity index (χ1) is 10.3. The first kappa shape index (κ1) is 13.4. The fourth-order valence-corrected chi connectivity index (χ4v) is 4.75. The monoisotopic (exact) mass is 282 g/mol.